The highest BCUT2D eigenvalue weighted by Gasteiger charge is 2.15. The normalized spacial score (nSPS) is 11.6. The van der Waals surface area contributed by atoms with E-state index in [0.717, 1.165) is 5.56 Å². The molecule has 0 bridgehead atoms. The van der Waals surface area contributed by atoms with Gasteiger partial charge in [0.15, 0.2) is 12.4 Å². The van der Waals surface area contributed by atoms with Crippen molar-refractivity contribution in [1.29, 1.82) is 0 Å². The van der Waals surface area contributed by atoms with Gasteiger partial charge in [0.05, 0.1) is 17.3 Å². The summed E-state index contributed by atoms with van der Waals surface area (Å²) in [5, 5.41) is 5.07. The summed E-state index contributed by atoms with van der Waals surface area (Å²) in [4.78, 5) is 35.9. The van der Waals surface area contributed by atoms with Gasteiger partial charge in [-0.3, -0.25) is 14.4 Å². The predicted molar refractivity (Wildman–Crippen MR) is 96.9 cm³/mol. The Labute approximate surface area is 154 Å². The molecule has 0 saturated carbocycles. The summed E-state index contributed by atoms with van der Waals surface area (Å²) < 4.78 is 4.91. The highest BCUT2D eigenvalue weighted by atomic mass is 35.5. The molecule has 1 amide bonds. The quantitative estimate of drug-likeness (QED) is 0.559. The fourth-order valence-corrected chi connectivity index (χ4v) is 3.18. The summed E-state index contributed by atoms with van der Waals surface area (Å²) in [6.45, 7) is 1.40. The minimum absolute atomic E-state index is 0.0515. The van der Waals surface area contributed by atoms with Gasteiger partial charge in [-0.15, -0.1) is 11.3 Å². The molecular formula is C18H18ClNO4S. The zero-order valence-electron chi connectivity index (χ0n) is 13.7. The van der Waals surface area contributed by atoms with E-state index < -0.39 is 11.9 Å². The Kier molecular flexibility index (Phi) is 7.16. The van der Waals surface area contributed by atoms with Gasteiger partial charge < -0.3 is 10.1 Å². The van der Waals surface area contributed by atoms with E-state index in [2.05, 4.69) is 5.32 Å². The van der Waals surface area contributed by atoms with Gasteiger partial charge in [-0.2, -0.15) is 0 Å². The Morgan fingerprint density at radius 2 is 1.92 bits per heavy atom. The fraction of sp³-hybridized carbons (Fsp3) is 0.278. The minimum Gasteiger partial charge on any atom is -0.456 e. The summed E-state index contributed by atoms with van der Waals surface area (Å²) in [6.07, 6.45) is 0.0150. The maximum Gasteiger partial charge on any atom is 0.306 e. The molecule has 5 nitrogen and oxygen atoms in total. The van der Waals surface area contributed by atoms with E-state index in [4.69, 9.17) is 16.3 Å². The number of carbonyl (C=O) groups excluding carboxylic acids is 3. The number of ether oxygens (including phenoxy) is 1. The topological polar surface area (TPSA) is 72.5 Å². The number of amides is 1. The molecule has 0 fully saturated rings. The van der Waals surface area contributed by atoms with Crippen molar-refractivity contribution >= 4 is 40.6 Å². The van der Waals surface area contributed by atoms with E-state index in [1.165, 1.54) is 11.3 Å². The van der Waals surface area contributed by atoms with Gasteiger partial charge in [0.2, 0.25) is 0 Å². The van der Waals surface area contributed by atoms with E-state index >= 15 is 0 Å². The van der Waals surface area contributed by atoms with Gasteiger partial charge in [-0.1, -0.05) is 35.9 Å². The molecule has 1 atom stereocenters. The number of thiophene rings is 1. The Morgan fingerprint density at radius 3 is 2.60 bits per heavy atom. The first-order valence-electron chi connectivity index (χ1n) is 7.73. The summed E-state index contributed by atoms with van der Waals surface area (Å²) in [5.41, 5.74) is 0.783. The van der Waals surface area contributed by atoms with Crippen LogP contribution >= 0.6 is 22.9 Å². The zero-order chi connectivity index (χ0) is 18.2. The SMILES string of the molecule is C[C@@H](NC(=O)COC(=O)CCC(=O)c1cccs1)c1ccccc1Cl. The molecule has 25 heavy (non-hydrogen) atoms. The molecular weight excluding hydrogens is 362 g/mol. The third-order valence-corrected chi connectivity index (χ3v) is 4.72. The number of carbonyl (C=O) groups is 3. The molecule has 1 aromatic carbocycles. The smallest absolute Gasteiger partial charge is 0.306 e. The Balaban J connectivity index is 1.71. The number of hydrogen-bond acceptors (Lipinski definition) is 5. The van der Waals surface area contributed by atoms with Crippen LogP contribution in [0.25, 0.3) is 0 Å². The molecule has 0 radical (unpaired) electrons. The summed E-state index contributed by atoms with van der Waals surface area (Å²) in [7, 11) is 0. The molecule has 0 spiro atoms. The molecule has 1 heterocycles. The minimum atomic E-state index is -0.578. The molecule has 0 aliphatic heterocycles. The maximum absolute atomic E-state index is 11.9. The van der Waals surface area contributed by atoms with Crippen molar-refractivity contribution in [1.82, 2.24) is 5.32 Å². The van der Waals surface area contributed by atoms with Crippen LogP contribution in [0.4, 0.5) is 0 Å². The van der Waals surface area contributed by atoms with Crippen molar-refractivity contribution in [2.24, 2.45) is 0 Å². The lowest BCUT2D eigenvalue weighted by Gasteiger charge is -2.15. The van der Waals surface area contributed by atoms with E-state index in [-0.39, 0.29) is 31.3 Å². The third kappa shape index (κ3) is 5.99. The van der Waals surface area contributed by atoms with Crippen molar-refractivity contribution in [2.75, 3.05) is 6.61 Å². The Bertz CT molecular complexity index is 745. The maximum atomic E-state index is 11.9. The van der Waals surface area contributed by atoms with Gasteiger partial charge in [0, 0.05) is 11.4 Å². The van der Waals surface area contributed by atoms with Gasteiger partial charge in [0.25, 0.3) is 5.91 Å². The number of ketones is 1. The van der Waals surface area contributed by atoms with Gasteiger partial charge in [-0.05, 0) is 30.0 Å². The van der Waals surface area contributed by atoms with Crippen LogP contribution in [0.1, 0.15) is 41.0 Å². The lowest BCUT2D eigenvalue weighted by atomic mass is 10.1. The van der Waals surface area contributed by atoms with E-state index in [1.54, 1.807) is 36.6 Å². The Morgan fingerprint density at radius 1 is 1.16 bits per heavy atom. The van der Waals surface area contributed by atoms with Crippen molar-refractivity contribution in [2.45, 2.75) is 25.8 Å². The number of nitrogens with one attached hydrogen (secondary N) is 1. The number of benzene rings is 1. The number of hydrogen-bond donors (Lipinski definition) is 1. The van der Waals surface area contributed by atoms with Crippen molar-refractivity contribution < 1.29 is 19.1 Å². The van der Waals surface area contributed by atoms with Gasteiger partial charge >= 0.3 is 5.97 Å². The second-order valence-corrected chi connectivity index (χ2v) is 6.73. The first-order chi connectivity index (χ1) is 12.0. The van der Waals surface area contributed by atoms with Crippen LogP contribution in [-0.4, -0.2) is 24.3 Å². The molecule has 2 aromatic rings. The van der Waals surface area contributed by atoms with Crippen LogP contribution in [-0.2, 0) is 14.3 Å². The van der Waals surface area contributed by atoms with Crippen LogP contribution < -0.4 is 5.32 Å². The summed E-state index contributed by atoms with van der Waals surface area (Å²) >= 11 is 7.41. The van der Waals surface area contributed by atoms with Gasteiger partial charge in [0.1, 0.15) is 0 Å². The Hall–Kier alpha value is -2.18. The highest BCUT2D eigenvalue weighted by molar-refractivity contribution is 7.12. The van der Waals surface area contributed by atoms with E-state index in [9.17, 15) is 14.4 Å². The molecule has 0 aliphatic rings. The standard InChI is InChI=1S/C18H18ClNO4S/c1-12(13-5-2-3-6-14(13)19)20-17(22)11-24-18(23)9-8-15(21)16-7-4-10-25-16/h2-7,10,12H,8-9,11H2,1H3,(H,20,22)/t12-/m1/s1. The summed E-state index contributed by atoms with van der Waals surface area (Å²) in [5.74, 6) is -1.11. The fourth-order valence-electron chi connectivity index (χ4n) is 2.18. The second kappa shape index (κ2) is 9.34. The first-order valence-corrected chi connectivity index (χ1v) is 8.99. The molecule has 1 N–H and O–H groups in total. The molecule has 1 aromatic heterocycles. The monoisotopic (exact) mass is 379 g/mol. The lowest BCUT2D eigenvalue weighted by Crippen LogP contribution is -2.31. The first kappa shape index (κ1) is 19.1. The zero-order valence-corrected chi connectivity index (χ0v) is 15.2. The molecule has 7 heteroatoms. The number of esters is 1. The van der Waals surface area contributed by atoms with Crippen molar-refractivity contribution in [3.8, 4) is 0 Å². The van der Waals surface area contributed by atoms with Crippen LogP contribution in [0.15, 0.2) is 41.8 Å². The second-order valence-electron chi connectivity index (χ2n) is 5.37. The highest BCUT2D eigenvalue weighted by Crippen LogP contribution is 2.21. The number of halogens is 1. The summed E-state index contributed by atoms with van der Waals surface area (Å²) in [6, 6.07) is 10.4. The predicted octanol–water partition coefficient (Wildman–Crippen LogP) is 3.79. The van der Waals surface area contributed by atoms with Crippen LogP contribution in [0.5, 0.6) is 0 Å². The molecule has 132 valence electrons. The van der Waals surface area contributed by atoms with Crippen LogP contribution in [0, 0.1) is 0 Å². The largest absolute Gasteiger partial charge is 0.456 e. The molecule has 0 unspecified atom stereocenters. The van der Waals surface area contributed by atoms with E-state index in [1.807, 2.05) is 12.1 Å². The van der Waals surface area contributed by atoms with Crippen LogP contribution in [0.2, 0.25) is 5.02 Å². The van der Waals surface area contributed by atoms with Crippen LogP contribution in [0.3, 0.4) is 0 Å². The number of Topliss-reactive ketones (excluding diaryl/α,β-unsaturated/α-hetero) is 1. The van der Waals surface area contributed by atoms with Crippen molar-refractivity contribution in [3.63, 3.8) is 0 Å². The van der Waals surface area contributed by atoms with E-state index in [0.29, 0.717) is 9.90 Å². The lowest BCUT2D eigenvalue weighted by molar-refractivity contribution is -0.148. The molecule has 0 saturated heterocycles. The third-order valence-electron chi connectivity index (χ3n) is 3.47. The average molecular weight is 380 g/mol. The molecule has 0 aliphatic carbocycles. The number of rotatable bonds is 8. The average Bonchev–Trinajstić information content (AvgIpc) is 3.12. The molecule has 2 rings (SSSR count). The van der Waals surface area contributed by atoms with Gasteiger partial charge in [-0.25, -0.2) is 0 Å². The van der Waals surface area contributed by atoms with Crippen molar-refractivity contribution in [3.05, 3.63) is 57.2 Å².